The Labute approximate surface area is 188 Å². The molecule has 4 rings (SSSR count). The van der Waals surface area contributed by atoms with Crippen LogP contribution < -0.4 is 10.9 Å². The monoisotopic (exact) mass is 435 g/mol. The average molecular weight is 436 g/mol. The third-order valence-corrected chi connectivity index (χ3v) is 6.11. The molecular weight excluding hydrogens is 406 g/mol. The zero-order valence-corrected chi connectivity index (χ0v) is 18.7. The maximum atomic E-state index is 12.7. The Kier molecular flexibility index (Phi) is 6.99. The highest BCUT2D eigenvalue weighted by atomic mass is 32.1. The second kappa shape index (κ2) is 10.1. The Morgan fingerprint density at radius 2 is 2.06 bits per heavy atom. The van der Waals surface area contributed by atoms with Crippen molar-refractivity contribution in [3.05, 3.63) is 81.6 Å². The van der Waals surface area contributed by atoms with Crippen molar-refractivity contribution in [1.29, 1.82) is 0 Å². The SMILES string of the molecule is Cc1ccc2[nH]c(=O)c(CN(CC3CCCO3)C(=S)NCCc3ccccc3)cc2c1. The van der Waals surface area contributed by atoms with Crippen LogP contribution in [0.15, 0.2) is 59.4 Å². The molecule has 1 atom stereocenters. The van der Waals surface area contributed by atoms with Crippen LogP contribution in [0, 0.1) is 6.92 Å². The molecule has 0 aliphatic carbocycles. The lowest BCUT2D eigenvalue weighted by atomic mass is 10.1. The molecule has 1 aliphatic heterocycles. The Morgan fingerprint density at radius 3 is 2.84 bits per heavy atom. The fraction of sp³-hybridized carbons (Fsp3) is 0.360. The normalized spacial score (nSPS) is 15.8. The summed E-state index contributed by atoms with van der Waals surface area (Å²) in [4.78, 5) is 17.8. The van der Waals surface area contributed by atoms with Gasteiger partial charge in [0.25, 0.3) is 5.56 Å². The number of aryl methyl sites for hydroxylation is 1. The molecule has 0 radical (unpaired) electrons. The highest BCUT2D eigenvalue weighted by Gasteiger charge is 2.22. The first-order chi connectivity index (χ1) is 15.1. The molecule has 1 aliphatic rings. The number of hydrogen-bond donors (Lipinski definition) is 2. The summed E-state index contributed by atoms with van der Waals surface area (Å²) in [6.45, 7) is 4.74. The van der Waals surface area contributed by atoms with E-state index < -0.39 is 0 Å². The Morgan fingerprint density at radius 1 is 1.23 bits per heavy atom. The maximum Gasteiger partial charge on any atom is 0.253 e. The highest BCUT2D eigenvalue weighted by Crippen LogP contribution is 2.17. The van der Waals surface area contributed by atoms with Crippen LogP contribution in [0.3, 0.4) is 0 Å². The van der Waals surface area contributed by atoms with E-state index in [0.717, 1.165) is 43.3 Å². The van der Waals surface area contributed by atoms with Gasteiger partial charge in [0.05, 0.1) is 12.6 Å². The number of nitrogens with zero attached hydrogens (tertiary/aromatic N) is 1. The lowest BCUT2D eigenvalue weighted by molar-refractivity contribution is 0.0897. The van der Waals surface area contributed by atoms with E-state index in [9.17, 15) is 4.79 Å². The summed E-state index contributed by atoms with van der Waals surface area (Å²) in [5.41, 5.74) is 3.93. The lowest BCUT2D eigenvalue weighted by Crippen LogP contribution is -2.44. The second-order valence-electron chi connectivity index (χ2n) is 8.20. The van der Waals surface area contributed by atoms with Crippen molar-refractivity contribution >= 4 is 28.2 Å². The van der Waals surface area contributed by atoms with Crippen molar-refractivity contribution in [2.75, 3.05) is 19.7 Å². The third-order valence-electron chi connectivity index (χ3n) is 5.71. The molecule has 0 amide bonds. The van der Waals surface area contributed by atoms with Gasteiger partial charge in [0.15, 0.2) is 5.11 Å². The summed E-state index contributed by atoms with van der Waals surface area (Å²) < 4.78 is 5.85. The zero-order valence-electron chi connectivity index (χ0n) is 17.9. The minimum Gasteiger partial charge on any atom is -0.376 e. The molecule has 0 bridgehead atoms. The molecule has 0 spiro atoms. The largest absolute Gasteiger partial charge is 0.376 e. The van der Waals surface area contributed by atoms with E-state index in [1.807, 2.05) is 36.4 Å². The first-order valence-corrected chi connectivity index (χ1v) is 11.3. The second-order valence-corrected chi connectivity index (χ2v) is 8.58. The molecule has 5 nitrogen and oxygen atoms in total. The van der Waals surface area contributed by atoms with Gasteiger partial charge < -0.3 is 19.9 Å². The van der Waals surface area contributed by atoms with Gasteiger partial charge in [-0.2, -0.15) is 0 Å². The number of hydrogen-bond acceptors (Lipinski definition) is 3. The van der Waals surface area contributed by atoms with Gasteiger partial charge in [-0.3, -0.25) is 4.79 Å². The van der Waals surface area contributed by atoms with Crippen LogP contribution in [0.2, 0.25) is 0 Å². The third kappa shape index (κ3) is 5.71. The number of pyridine rings is 1. The quantitative estimate of drug-likeness (QED) is 0.551. The van der Waals surface area contributed by atoms with E-state index in [-0.39, 0.29) is 11.7 Å². The minimum absolute atomic E-state index is 0.0687. The van der Waals surface area contributed by atoms with Gasteiger partial charge >= 0.3 is 0 Å². The van der Waals surface area contributed by atoms with Crippen molar-refractivity contribution in [3.63, 3.8) is 0 Å². The number of H-pyrrole nitrogens is 1. The number of thiocarbonyl (C=S) groups is 1. The number of benzene rings is 2. The van der Waals surface area contributed by atoms with E-state index in [0.29, 0.717) is 23.8 Å². The molecule has 1 unspecified atom stereocenters. The molecule has 1 saturated heterocycles. The number of rotatable bonds is 7. The van der Waals surface area contributed by atoms with Crippen LogP contribution >= 0.6 is 12.2 Å². The van der Waals surface area contributed by atoms with Crippen molar-refractivity contribution in [2.45, 2.75) is 38.8 Å². The van der Waals surface area contributed by atoms with Crippen LogP contribution in [-0.2, 0) is 17.7 Å². The molecular formula is C25H29N3O2S. The first kappa shape index (κ1) is 21.5. The summed E-state index contributed by atoms with van der Waals surface area (Å²) >= 11 is 5.73. The maximum absolute atomic E-state index is 12.7. The summed E-state index contributed by atoms with van der Waals surface area (Å²) in [5, 5.41) is 5.08. The molecule has 2 heterocycles. The highest BCUT2D eigenvalue weighted by molar-refractivity contribution is 7.80. The van der Waals surface area contributed by atoms with E-state index in [2.05, 4.69) is 40.3 Å². The standard InChI is InChI=1S/C25H29N3O2S/c1-18-9-10-23-20(14-18)15-21(24(29)27-23)16-28(17-22-8-5-13-30-22)25(31)26-12-11-19-6-3-2-4-7-19/h2-4,6-7,9-10,14-15,22H,5,8,11-13,16-17H2,1H3,(H,26,31)(H,27,29). The molecule has 1 fully saturated rings. The van der Waals surface area contributed by atoms with Gasteiger partial charge in [0.1, 0.15) is 0 Å². The van der Waals surface area contributed by atoms with Crippen LogP contribution in [0.4, 0.5) is 0 Å². The van der Waals surface area contributed by atoms with Crippen LogP contribution in [0.25, 0.3) is 10.9 Å². The van der Waals surface area contributed by atoms with Gasteiger partial charge in [0, 0.05) is 30.8 Å². The topological polar surface area (TPSA) is 57.4 Å². The zero-order chi connectivity index (χ0) is 21.6. The van der Waals surface area contributed by atoms with Crippen LogP contribution in [-0.4, -0.2) is 40.8 Å². The number of ether oxygens (including phenoxy) is 1. The van der Waals surface area contributed by atoms with Crippen LogP contribution in [0.5, 0.6) is 0 Å². The Balaban J connectivity index is 1.49. The predicted molar refractivity (Wildman–Crippen MR) is 129 cm³/mol. The molecule has 6 heteroatoms. The van der Waals surface area contributed by atoms with Gasteiger partial charge in [-0.1, -0.05) is 42.0 Å². The van der Waals surface area contributed by atoms with Crippen molar-refractivity contribution in [2.24, 2.45) is 0 Å². The molecule has 0 saturated carbocycles. The Hall–Kier alpha value is -2.70. The number of aromatic nitrogens is 1. The lowest BCUT2D eigenvalue weighted by Gasteiger charge is -2.28. The summed E-state index contributed by atoms with van der Waals surface area (Å²) in [6.07, 6.45) is 3.14. The molecule has 3 aromatic rings. The van der Waals surface area contributed by atoms with Gasteiger partial charge in [-0.05, 0) is 67.6 Å². The first-order valence-electron chi connectivity index (χ1n) is 10.9. The van der Waals surface area contributed by atoms with E-state index in [1.54, 1.807) is 0 Å². The number of fused-ring (bicyclic) bond motifs is 1. The molecule has 2 N–H and O–H groups in total. The summed E-state index contributed by atoms with van der Waals surface area (Å²) in [5.74, 6) is 0. The fourth-order valence-corrected chi connectivity index (χ4v) is 4.26. The predicted octanol–water partition coefficient (Wildman–Crippen LogP) is 3.93. The van der Waals surface area contributed by atoms with Gasteiger partial charge in [-0.15, -0.1) is 0 Å². The smallest absolute Gasteiger partial charge is 0.253 e. The van der Waals surface area contributed by atoms with E-state index >= 15 is 0 Å². The molecule has 1 aromatic heterocycles. The minimum atomic E-state index is -0.0687. The molecule has 2 aromatic carbocycles. The fourth-order valence-electron chi connectivity index (χ4n) is 4.02. The number of aromatic amines is 1. The Bertz CT molecular complexity index is 1090. The van der Waals surface area contributed by atoms with Crippen molar-refractivity contribution in [1.82, 2.24) is 15.2 Å². The molecule has 162 valence electrons. The van der Waals surface area contributed by atoms with Gasteiger partial charge in [0.2, 0.25) is 0 Å². The molecule has 31 heavy (non-hydrogen) atoms. The van der Waals surface area contributed by atoms with Gasteiger partial charge in [-0.25, -0.2) is 0 Å². The summed E-state index contributed by atoms with van der Waals surface area (Å²) in [6, 6.07) is 18.4. The van der Waals surface area contributed by atoms with E-state index in [4.69, 9.17) is 17.0 Å². The van der Waals surface area contributed by atoms with E-state index in [1.165, 1.54) is 11.1 Å². The van der Waals surface area contributed by atoms with Crippen LogP contribution in [0.1, 0.15) is 29.5 Å². The average Bonchev–Trinajstić information content (AvgIpc) is 3.28. The van der Waals surface area contributed by atoms with Crippen molar-refractivity contribution in [3.8, 4) is 0 Å². The van der Waals surface area contributed by atoms with Crippen molar-refractivity contribution < 1.29 is 4.74 Å². The summed E-state index contributed by atoms with van der Waals surface area (Å²) in [7, 11) is 0. The number of nitrogens with one attached hydrogen (secondary N) is 2.